The number of hydrogen-bond donors (Lipinski definition) is 1. The third kappa shape index (κ3) is 3.51. The topological polar surface area (TPSA) is 85.8 Å². The smallest absolute Gasteiger partial charge is 0.252 e. The molecule has 146 valence electrons. The van der Waals surface area contributed by atoms with E-state index in [1.165, 1.54) is 12.8 Å². The van der Waals surface area contributed by atoms with Gasteiger partial charge in [0.2, 0.25) is 0 Å². The minimum Gasteiger partial charge on any atom is -0.467 e. The van der Waals surface area contributed by atoms with E-state index >= 15 is 0 Å². The van der Waals surface area contributed by atoms with Gasteiger partial charge >= 0.3 is 0 Å². The Kier molecular flexibility index (Phi) is 4.56. The lowest BCUT2D eigenvalue weighted by molar-refractivity contribution is 0.0939. The summed E-state index contributed by atoms with van der Waals surface area (Å²) < 4.78 is 7.22. The number of aromatic nitrogens is 4. The highest BCUT2D eigenvalue weighted by Gasteiger charge is 2.22. The maximum Gasteiger partial charge on any atom is 0.252 e. The van der Waals surface area contributed by atoms with Crippen molar-refractivity contribution in [3.05, 3.63) is 66.5 Å². The Morgan fingerprint density at radius 3 is 2.86 bits per heavy atom. The molecule has 0 unspecified atom stereocenters. The molecule has 0 saturated heterocycles. The Morgan fingerprint density at radius 1 is 1.21 bits per heavy atom. The zero-order chi connectivity index (χ0) is 19.6. The van der Waals surface area contributed by atoms with Crippen molar-refractivity contribution in [2.24, 2.45) is 0 Å². The maximum atomic E-state index is 13.1. The summed E-state index contributed by atoms with van der Waals surface area (Å²) >= 11 is 0. The van der Waals surface area contributed by atoms with Gasteiger partial charge in [0, 0.05) is 24.0 Å². The van der Waals surface area contributed by atoms with Crippen molar-refractivity contribution in [1.82, 2.24) is 25.1 Å². The van der Waals surface area contributed by atoms with Crippen molar-refractivity contribution in [1.29, 1.82) is 0 Å². The molecule has 4 aromatic heterocycles. The first-order chi connectivity index (χ1) is 14.3. The van der Waals surface area contributed by atoms with Gasteiger partial charge in [-0.15, -0.1) is 0 Å². The van der Waals surface area contributed by atoms with Crippen molar-refractivity contribution < 1.29 is 9.21 Å². The molecule has 0 aliphatic heterocycles. The first-order valence-electron chi connectivity index (χ1n) is 9.88. The number of furan rings is 1. The number of carbonyl (C=O) groups is 1. The Labute approximate surface area is 167 Å². The molecule has 29 heavy (non-hydrogen) atoms. The second kappa shape index (κ2) is 7.50. The Morgan fingerprint density at radius 2 is 2.10 bits per heavy atom. The lowest BCUT2D eigenvalue weighted by Gasteiger charge is -2.13. The predicted molar refractivity (Wildman–Crippen MR) is 108 cm³/mol. The molecule has 1 aliphatic rings. The van der Waals surface area contributed by atoms with Crippen molar-refractivity contribution in [2.75, 3.05) is 0 Å². The molecule has 0 atom stereocenters. The summed E-state index contributed by atoms with van der Waals surface area (Å²) in [4.78, 5) is 22.1. The lowest BCUT2D eigenvalue weighted by atomic mass is 10.1. The van der Waals surface area contributed by atoms with Crippen molar-refractivity contribution in [3.8, 4) is 11.3 Å². The van der Waals surface area contributed by atoms with E-state index < -0.39 is 0 Å². The molecule has 7 heteroatoms. The number of nitrogens with one attached hydrogen (secondary N) is 1. The predicted octanol–water partition coefficient (Wildman–Crippen LogP) is 3.81. The quantitative estimate of drug-likeness (QED) is 0.563. The standard InChI is InChI=1S/C22H21N5O2/c28-22(25-16-6-1-2-7-16)18-11-20(15-5-3-9-23-12-15)26-21-19(18)13-24-27(21)14-17-8-4-10-29-17/h3-5,8-13,16H,1-2,6-7,14H2,(H,25,28). The van der Waals surface area contributed by atoms with Crippen LogP contribution in [0, 0.1) is 0 Å². The van der Waals surface area contributed by atoms with E-state index in [1.807, 2.05) is 30.3 Å². The van der Waals surface area contributed by atoms with Gasteiger partial charge in [-0.1, -0.05) is 12.8 Å². The highest BCUT2D eigenvalue weighted by molar-refractivity contribution is 6.06. The minimum atomic E-state index is -0.0769. The molecule has 1 N–H and O–H groups in total. The van der Waals surface area contributed by atoms with Crippen molar-refractivity contribution in [2.45, 2.75) is 38.3 Å². The van der Waals surface area contributed by atoms with E-state index in [9.17, 15) is 4.79 Å². The average molecular weight is 387 g/mol. The fraction of sp³-hybridized carbons (Fsp3) is 0.273. The van der Waals surface area contributed by atoms with Crippen molar-refractivity contribution >= 4 is 16.9 Å². The maximum absolute atomic E-state index is 13.1. The van der Waals surface area contributed by atoms with Gasteiger partial charge in [-0.25, -0.2) is 9.67 Å². The van der Waals surface area contributed by atoms with Gasteiger partial charge in [-0.2, -0.15) is 5.10 Å². The molecule has 0 spiro atoms. The first kappa shape index (κ1) is 17.6. The van der Waals surface area contributed by atoms with Gasteiger partial charge in [-0.05, 0) is 43.2 Å². The number of nitrogens with zero attached hydrogens (tertiary/aromatic N) is 4. The molecule has 5 rings (SSSR count). The van der Waals surface area contributed by atoms with Crippen LogP contribution in [-0.2, 0) is 6.54 Å². The highest BCUT2D eigenvalue weighted by atomic mass is 16.3. The molecule has 1 amide bonds. The lowest BCUT2D eigenvalue weighted by Crippen LogP contribution is -2.32. The summed E-state index contributed by atoms with van der Waals surface area (Å²) in [6, 6.07) is 9.61. The summed E-state index contributed by atoms with van der Waals surface area (Å²) in [6.45, 7) is 0.448. The highest BCUT2D eigenvalue weighted by Crippen LogP contribution is 2.26. The Bertz CT molecular complexity index is 1130. The molecular formula is C22H21N5O2. The Hall–Kier alpha value is -3.48. The number of amides is 1. The van der Waals surface area contributed by atoms with Crippen LogP contribution in [0.3, 0.4) is 0 Å². The minimum absolute atomic E-state index is 0.0769. The summed E-state index contributed by atoms with van der Waals surface area (Å²) in [5.41, 5.74) is 2.80. The van der Waals surface area contributed by atoms with Crippen LogP contribution in [0.4, 0.5) is 0 Å². The number of pyridine rings is 2. The van der Waals surface area contributed by atoms with Gasteiger partial charge < -0.3 is 9.73 Å². The monoisotopic (exact) mass is 387 g/mol. The molecule has 0 aromatic carbocycles. The number of carbonyl (C=O) groups excluding carboxylic acids is 1. The third-order valence-electron chi connectivity index (χ3n) is 5.39. The van der Waals surface area contributed by atoms with Gasteiger partial charge in [0.25, 0.3) is 5.91 Å². The van der Waals surface area contributed by atoms with E-state index in [0.29, 0.717) is 23.4 Å². The summed E-state index contributed by atoms with van der Waals surface area (Å²) in [7, 11) is 0. The first-order valence-corrected chi connectivity index (χ1v) is 9.88. The van der Waals surface area contributed by atoms with Crippen LogP contribution in [0.5, 0.6) is 0 Å². The SMILES string of the molecule is O=C(NC1CCCC1)c1cc(-c2cccnc2)nc2c1cnn2Cc1ccco1. The second-order valence-electron chi connectivity index (χ2n) is 7.37. The van der Waals surface area contributed by atoms with E-state index in [2.05, 4.69) is 15.4 Å². The zero-order valence-electron chi connectivity index (χ0n) is 15.9. The van der Waals surface area contributed by atoms with Crippen molar-refractivity contribution in [3.63, 3.8) is 0 Å². The van der Waals surface area contributed by atoms with Gasteiger partial charge in [0.1, 0.15) is 12.3 Å². The number of fused-ring (bicyclic) bond motifs is 1. The van der Waals surface area contributed by atoms with Crippen LogP contribution >= 0.6 is 0 Å². The molecule has 1 aliphatic carbocycles. The van der Waals surface area contributed by atoms with Crippen LogP contribution in [0.2, 0.25) is 0 Å². The average Bonchev–Trinajstić information content (AvgIpc) is 3.51. The van der Waals surface area contributed by atoms with E-state index in [-0.39, 0.29) is 11.9 Å². The largest absolute Gasteiger partial charge is 0.467 e. The molecule has 1 saturated carbocycles. The van der Waals surface area contributed by atoms with Crippen LogP contribution in [0.1, 0.15) is 41.8 Å². The molecule has 0 bridgehead atoms. The number of hydrogen-bond acceptors (Lipinski definition) is 5. The van der Waals surface area contributed by atoms with Crippen LogP contribution < -0.4 is 5.32 Å². The molecule has 1 fully saturated rings. The summed E-state index contributed by atoms with van der Waals surface area (Å²) in [6.07, 6.45) is 11.2. The van der Waals surface area contributed by atoms with Gasteiger partial charge in [0.15, 0.2) is 5.65 Å². The van der Waals surface area contributed by atoms with E-state index in [0.717, 1.165) is 29.6 Å². The van der Waals surface area contributed by atoms with E-state index in [4.69, 9.17) is 9.40 Å². The molecular weight excluding hydrogens is 366 g/mol. The fourth-order valence-corrected chi connectivity index (χ4v) is 3.90. The summed E-state index contributed by atoms with van der Waals surface area (Å²) in [5.74, 6) is 0.701. The summed E-state index contributed by atoms with van der Waals surface area (Å²) in [5, 5.41) is 8.40. The third-order valence-corrected chi connectivity index (χ3v) is 5.39. The molecule has 4 heterocycles. The normalized spacial score (nSPS) is 14.5. The van der Waals surface area contributed by atoms with E-state index in [1.54, 1.807) is 29.5 Å². The van der Waals surface area contributed by atoms with Crippen LogP contribution in [-0.4, -0.2) is 31.7 Å². The Balaban J connectivity index is 1.60. The van der Waals surface area contributed by atoms with Gasteiger partial charge in [-0.3, -0.25) is 9.78 Å². The van der Waals surface area contributed by atoms with Crippen LogP contribution in [0.15, 0.2) is 59.6 Å². The molecule has 7 nitrogen and oxygen atoms in total. The fourth-order valence-electron chi connectivity index (χ4n) is 3.90. The molecule has 0 radical (unpaired) electrons. The number of rotatable bonds is 5. The molecule has 4 aromatic rings. The second-order valence-corrected chi connectivity index (χ2v) is 7.37. The van der Waals surface area contributed by atoms with Crippen LogP contribution in [0.25, 0.3) is 22.3 Å². The zero-order valence-corrected chi connectivity index (χ0v) is 15.9. The van der Waals surface area contributed by atoms with Gasteiger partial charge in [0.05, 0.1) is 29.1 Å².